The van der Waals surface area contributed by atoms with Crippen molar-refractivity contribution in [3.63, 3.8) is 0 Å². The molecule has 0 radical (unpaired) electrons. The zero-order chi connectivity index (χ0) is 25.3. The average molecular weight is 503 g/mol. The van der Waals surface area contributed by atoms with Crippen molar-refractivity contribution in [2.45, 2.75) is 6.92 Å². The number of amides is 1. The lowest BCUT2D eigenvalue weighted by molar-refractivity contribution is -0.123. The highest BCUT2D eigenvalue weighted by molar-refractivity contribution is 6.32. The van der Waals surface area contributed by atoms with Gasteiger partial charge in [0, 0.05) is 5.56 Å². The van der Waals surface area contributed by atoms with Gasteiger partial charge in [-0.05, 0) is 60.2 Å². The summed E-state index contributed by atoms with van der Waals surface area (Å²) in [6.07, 6.45) is 1.44. The number of fused-ring (bicyclic) bond motifs is 1. The monoisotopic (exact) mass is 502 g/mol. The molecule has 0 bridgehead atoms. The molecule has 0 saturated carbocycles. The van der Waals surface area contributed by atoms with E-state index in [4.69, 9.17) is 25.8 Å². The summed E-state index contributed by atoms with van der Waals surface area (Å²) in [5.74, 6) is 0.370. The molecule has 0 spiro atoms. The van der Waals surface area contributed by atoms with Crippen molar-refractivity contribution in [1.82, 2.24) is 5.43 Å². The van der Waals surface area contributed by atoms with Crippen LogP contribution in [0.4, 0.5) is 0 Å². The number of para-hydroxylation sites is 1. The van der Waals surface area contributed by atoms with Gasteiger partial charge in [-0.25, -0.2) is 10.2 Å². The molecule has 182 valence electrons. The highest BCUT2D eigenvalue weighted by Gasteiger charge is 2.14. The Kier molecular flexibility index (Phi) is 8.16. The first kappa shape index (κ1) is 24.8. The van der Waals surface area contributed by atoms with Gasteiger partial charge in [0.15, 0.2) is 6.61 Å². The molecule has 0 aliphatic heterocycles. The van der Waals surface area contributed by atoms with Crippen LogP contribution in [0.1, 0.15) is 22.8 Å². The van der Waals surface area contributed by atoms with Gasteiger partial charge in [0.1, 0.15) is 17.2 Å². The minimum atomic E-state index is -0.528. The van der Waals surface area contributed by atoms with Crippen molar-refractivity contribution >= 4 is 40.5 Å². The van der Waals surface area contributed by atoms with E-state index in [1.807, 2.05) is 37.3 Å². The number of ether oxygens (including phenoxy) is 3. The van der Waals surface area contributed by atoms with E-state index in [-0.39, 0.29) is 6.61 Å². The van der Waals surface area contributed by atoms with Gasteiger partial charge in [-0.15, -0.1) is 0 Å². The number of hydrazone groups is 1. The number of nitrogens with zero attached hydrogens (tertiary/aromatic N) is 1. The van der Waals surface area contributed by atoms with E-state index in [0.717, 1.165) is 10.8 Å². The molecule has 4 aromatic rings. The van der Waals surface area contributed by atoms with Gasteiger partial charge in [-0.3, -0.25) is 4.79 Å². The van der Waals surface area contributed by atoms with Crippen LogP contribution in [0.3, 0.4) is 0 Å². The number of carbonyl (C=O) groups is 2. The van der Waals surface area contributed by atoms with Crippen LogP contribution in [0, 0.1) is 0 Å². The largest absolute Gasteiger partial charge is 0.494 e. The number of esters is 1. The highest BCUT2D eigenvalue weighted by atomic mass is 35.5. The van der Waals surface area contributed by atoms with Crippen LogP contribution in [-0.4, -0.2) is 31.3 Å². The van der Waals surface area contributed by atoms with Gasteiger partial charge in [-0.1, -0.05) is 54.1 Å². The Balaban J connectivity index is 1.49. The quantitative estimate of drug-likeness (QED) is 0.138. The fraction of sp³-hybridized carbons (Fsp3) is 0.107. The van der Waals surface area contributed by atoms with Crippen molar-refractivity contribution in [2.75, 3.05) is 13.2 Å². The normalized spacial score (nSPS) is 10.8. The predicted molar refractivity (Wildman–Crippen MR) is 139 cm³/mol. The summed E-state index contributed by atoms with van der Waals surface area (Å²) in [4.78, 5) is 25.0. The van der Waals surface area contributed by atoms with Crippen LogP contribution in [-0.2, 0) is 4.79 Å². The number of hydrogen-bond donors (Lipinski definition) is 1. The Morgan fingerprint density at radius 3 is 2.42 bits per heavy atom. The van der Waals surface area contributed by atoms with Gasteiger partial charge < -0.3 is 14.2 Å². The minimum absolute atomic E-state index is 0.268. The molecule has 1 amide bonds. The lowest BCUT2D eigenvalue weighted by atomic mass is 10.0. The summed E-state index contributed by atoms with van der Waals surface area (Å²) in [6, 6.07) is 24.7. The van der Waals surface area contributed by atoms with E-state index in [9.17, 15) is 9.59 Å². The van der Waals surface area contributed by atoms with Gasteiger partial charge in [-0.2, -0.15) is 5.10 Å². The van der Waals surface area contributed by atoms with E-state index in [2.05, 4.69) is 10.5 Å². The molecule has 4 rings (SSSR count). The fourth-order valence-corrected chi connectivity index (χ4v) is 3.61. The maximum Gasteiger partial charge on any atom is 0.343 e. The first-order chi connectivity index (χ1) is 17.5. The van der Waals surface area contributed by atoms with E-state index < -0.39 is 11.9 Å². The maximum atomic E-state index is 12.8. The van der Waals surface area contributed by atoms with Crippen LogP contribution in [0.5, 0.6) is 17.2 Å². The van der Waals surface area contributed by atoms with Gasteiger partial charge in [0.2, 0.25) is 0 Å². The van der Waals surface area contributed by atoms with Gasteiger partial charge in [0.25, 0.3) is 5.91 Å². The predicted octanol–water partition coefficient (Wildman–Crippen LogP) is 5.64. The Labute approximate surface area is 213 Å². The Hall–Kier alpha value is -4.36. The molecule has 1 N–H and O–H groups in total. The van der Waals surface area contributed by atoms with Crippen molar-refractivity contribution in [3.05, 3.63) is 101 Å². The summed E-state index contributed by atoms with van der Waals surface area (Å²) < 4.78 is 16.5. The molecule has 0 fully saturated rings. The first-order valence-electron chi connectivity index (χ1n) is 11.2. The molecule has 0 aliphatic rings. The Morgan fingerprint density at radius 1 is 0.889 bits per heavy atom. The third kappa shape index (κ3) is 6.20. The molecule has 0 atom stereocenters. The second kappa shape index (κ2) is 11.9. The van der Waals surface area contributed by atoms with Crippen molar-refractivity contribution in [3.8, 4) is 17.2 Å². The smallest absolute Gasteiger partial charge is 0.343 e. The van der Waals surface area contributed by atoms with E-state index in [1.54, 1.807) is 54.6 Å². The first-order valence-corrected chi connectivity index (χ1v) is 11.6. The SMILES string of the molecule is CCOc1ccc(C(=O)Oc2ccc3ccccc3c2/C=N/NC(=O)COc2ccccc2Cl)cc1. The fourth-order valence-electron chi connectivity index (χ4n) is 3.42. The molecule has 0 heterocycles. The second-order valence-electron chi connectivity index (χ2n) is 7.56. The molecule has 0 aliphatic carbocycles. The van der Waals surface area contributed by atoms with E-state index in [0.29, 0.717) is 40.0 Å². The minimum Gasteiger partial charge on any atom is -0.494 e. The summed E-state index contributed by atoms with van der Waals surface area (Å²) in [5.41, 5.74) is 3.34. The third-order valence-corrected chi connectivity index (χ3v) is 5.42. The summed E-state index contributed by atoms with van der Waals surface area (Å²) in [7, 11) is 0. The number of nitrogens with one attached hydrogen (secondary N) is 1. The molecule has 8 heteroatoms. The number of carbonyl (C=O) groups excluding carboxylic acids is 2. The zero-order valence-corrected chi connectivity index (χ0v) is 20.2. The standard InChI is InChI=1S/C28H23ClN2O5/c1-2-34-21-14-11-20(12-15-21)28(33)36-25-16-13-19-7-3-4-8-22(19)23(25)17-30-31-27(32)18-35-26-10-6-5-9-24(26)29/h3-17H,2,18H2,1H3,(H,31,32)/b30-17+. The molecule has 36 heavy (non-hydrogen) atoms. The summed E-state index contributed by atoms with van der Waals surface area (Å²) in [5, 5.41) is 6.19. The number of halogens is 1. The highest BCUT2D eigenvalue weighted by Crippen LogP contribution is 2.28. The topological polar surface area (TPSA) is 86.2 Å². The molecule has 0 aromatic heterocycles. The summed E-state index contributed by atoms with van der Waals surface area (Å²) in [6.45, 7) is 2.15. The van der Waals surface area contributed by atoms with E-state index >= 15 is 0 Å². The van der Waals surface area contributed by atoms with E-state index in [1.165, 1.54) is 6.21 Å². The lowest BCUT2D eigenvalue weighted by Crippen LogP contribution is -2.24. The molecule has 0 saturated heterocycles. The van der Waals surface area contributed by atoms with Crippen LogP contribution >= 0.6 is 11.6 Å². The Bertz CT molecular complexity index is 1400. The van der Waals surface area contributed by atoms with Crippen LogP contribution in [0.25, 0.3) is 10.8 Å². The lowest BCUT2D eigenvalue weighted by Gasteiger charge is -2.11. The summed E-state index contributed by atoms with van der Waals surface area (Å²) >= 11 is 6.04. The van der Waals surface area contributed by atoms with Gasteiger partial charge >= 0.3 is 5.97 Å². The number of benzene rings is 4. The molecule has 0 unspecified atom stereocenters. The average Bonchev–Trinajstić information content (AvgIpc) is 2.90. The van der Waals surface area contributed by atoms with Crippen molar-refractivity contribution in [2.24, 2.45) is 5.10 Å². The second-order valence-corrected chi connectivity index (χ2v) is 7.96. The number of hydrogen-bond acceptors (Lipinski definition) is 6. The van der Waals surface area contributed by atoms with Gasteiger partial charge in [0.05, 0.1) is 23.4 Å². The molecular weight excluding hydrogens is 480 g/mol. The number of rotatable bonds is 9. The van der Waals surface area contributed by atoms with Crippen molar-refractivity contribution < 1.29 is 23.8 Å². The van der Waals surface area contributed by atoms with Crippen molar-refractivity contribution in [1.29, 1.82) is 0 Å². The third-order valence-electron chi connectivity index (χ3n) is 5.11. The van der Waals surface area contributed by atoms with Crippen LogP contribution in [0.15, 0.2) is 90.0 Å². The van der Waals surface area contributed by atoms with Crippen LogP contribution < -0.4 is 19.6 Å². The molecule has 4 aromatic carbocycles. The molecular formula is C28H23ClN2O5. The van der Waals surface area contributed by atoms with Crippen LogP contribution in [0.2, 0.25) is 5.02 Å². The Morgan fingerprint density at radius 2 is 1.64 bits per heavy atom. The maximum absolute atomic E-state index is 12.8. The zero-order valence-electron chi connectivity index (χ0n) is 19.4. The molecule has 7 nitrogen and oxygen atoms in total.